The van der Waals surface area contributed by atoms with Crippen LogP contribution in [-0.4, -0.2) is 9.55 Å². The zero-order chi connectivity index (χ0) is 10.4. The van der Waals surface area contributed by atoms with Crippen LogP contribution in [0.4, 0.5) is 5.95 Å². The fourth-order valence-corrected chi connectivity index (χ4v) is 1.94. The van der Waals surface area contributed by atoms with Crippen molar-refractivity contribution in [2.24, 2.45) is 7.05 Å². The van der Waals surface area contributed by atoms with Crippen molar-refractivity contribution in [3.05, 3.63) is 36.4 Å². The quantitative estimate of drug-likeness (QED) is 0.601. The van der Waals surface area contributed by atoms with Crippen molar-refractivity contribution in [1.29, 1.82) is 0 Å². The van der Waals surface area contributed by atoms with E-state index in [-0.39, 0.29) is 0 Å². The van der Waals surface area contributed by atoms with E-state index in [4.69, 9.17) is 5.73 Å². The minimum absolute atomic E-state index is 0.557. The first-order chi connectivity index (χ1) is 7.27. The van der Waals surface area contributed by atoms with Crippen LogP contribution in [0.3, 0.4) is 0 Å². The molecule has 0 atom stereocenters. The van der Waals surface area contributed by atoms with Gasteiger partial charge in [0.05, 0.1) is 11.0 Å². The molecule has 3 aromatic rings. The van der Waals surface area contributed by atoms with Crippen molar-refractivity contribution in [2.45, 2.75) is 0 Å². The van der Waals surface area contributed by atoms with Gasteiger partial charge in [-0.3, -0.25) is 0 Å². The van der Waals surface area contributed by atoms with Gasteiger partial charge >= 0.3 is 0 Å². The molecular weight excluding hydrogens is 186 g/mol. The lowest BCUT2D eigenvalue weighted by atomic mass is 10.1. The Hall–Kier alpha value is -2.03. The van der Waals surface area contributed by atoms with Crippen LogP contribution in [0.5, 0.6) is 0 Å². The summed E-state index contributed by atoms with van der Waals surface area (Å²) in [5, 5.41) is 2.35. The maximum absolute atomic E-state index is 5.80. The number of hydrogen-bond donors (Lipinski definition) is 1. The zero-order valence-corrected chi connectivity index (χ0v) is 8.44. The Morgan fingerprint density at radius 2 is 1.93 bits per heavy atom. The average Bonchev–Trinajstić information content (AvgIpc) is 2.56. The maximum atomic E-state index is 5.80. The molecule has 0 saturated heterocycles. The molecule has 0 unspecified atom stereocenters. The van der Waals surface area contributed by atoms with Gasteiger partial charge in [-0.15, -0.1) is 0 Å². The third kappa shape index (κ3) is 1.03. The van der Waals surface area contributed by atoms with E-state index >= 15 is 0 Å². The van der Waals surface area contributed by atoms with E-state index in [2.05, 4.69) is 29.2 Å². The molecule has 0 fully saturated rings. The van der Waals surface area contributed by atoms with Gasteiger partial charge in [0.1, 0.15) is 0 Å². The summed E-state index contributed by atoms with van der Waals surface area (Å²) in [5.74, 6) is 0.557. The molecule has 0 aliphatic heterocycles. The Balaban J connectivity index is 2.60. The van der Waals surface area contributed by atoms with Crippen LogP contribution in [0.2, 0.25) is 0 Å². The highest BCUT2D eigenvalue weighted by atomic mass is 15.1. The maximum Gasteiger partial charge on any atom is 0.200 e. The largest absolute Gasteiger partial charge is 0.369 e. The molecular formula is C12H11N3. The molecule has 1 heterocycles. The van der Waals surface area contributed by atoms with Crippen LogP contribution in [0.1, 0.15) is 0 Å². The van der Waals surface area contributed by atoms with Gasteiger partial charge in [0, 0.05) is 12.4 Å². The second kappa shape index (κ2) is 2.73. The van der Waals surface area contributed by atoms with Crippen LogP contribution in [0.15, 0.2) is 36.4 Å². The number of rotatable bonds is 0. The molecule has 74 valence electrons. The predicted octanol–water partition coefficient (Wildman–Crippen LogP) is 2.31. The molecule has 2 N–H and O–H groups in total. The lowest BCUT2D eigenvalue weighted by Crippen LogP contribution is -1.95. The molecule has 15 heavy (non-hydrogen) atoms. The molecule has 0 bridgehead atoms. The minimum atomic E-state index is 0.557. The smallest absolute Gasteiger partial charge is 0.200 e. The molecule has 0 amide bonds. The first-order valence-corrected chi connectivity index (χ1v) is 4.87. The lowest BCUT2D eigenvalue weighted by Gasteiger charge is -1.99. The summed E-state index contributed by atoms with van der Waals surface area (Å²) in [6.07, 6.45) is 0. The van der Waals surface area contributed by atoms with Crippen LogP contribution in [-0.2, 0) is 7.05 Å². The fourth-order valence-electron chi connectivity index (χ4n) is 1.94. The van der Waals surface area contributed by atoms with Gasteiger partial charge in [-0.1, -0.05) is 30.3 Å². The number of hydrogen-bond acceptors (Lipinski definition) is 2. The fraction of sp³-hybridized carbons (Fsp3) is 0.0833. The standard InChI is InChI=1S/C12H11N3/c1-15-10-7-6-8-4-2-3-5-9(8)11(10)14-12(15)13/h2-7H,1H3,(H2,13,14). The predicted molar refractivity (Wildman–Crippen MR) is 62.6 cm³/mol. The summed E-state index contributed by atoms with van der Waals surface area (Å²) in [6.45, 7) is 0. The number of nitrogens with two attached hydrogens (primary N) is 1. The van der Waals surface area contributed by atoms with Crippen molar-refractivity contribution in [1.82, 2.24) is 9.55 Å². The van der Waals surface area contributed by atoms with Gasteiger partial charge in [0.25, 0.3) is 0 Å². The highest BCUT2D eigenvalue weighted by Gasteiger charge is 2.07. The number of fused-ring (bicyclic) bond motifs is 3. The summed E-state index contributed by atoms with van der Waals surface area (Å²) in [6, 6.07) is 12.4. The number of aromatic nitrogens is 2. The van der Waals surface area contributed by atoms with Crippen LogP contribution >= 0.6 is 0 Å². The van der Waals surface area contributed by atoms with E-state index in [9.17, 15) is 0 Å². The van der Waals surface area contributed by atoms with E-state index in [0.717, 1.165) is 16.4 Å². The summed E-state index contributed by atoms with van der Waals surface area (Å²) in [5.41, 5.74) is 7.85. The second-order valence-corrected chi connectivity index (χ2v) is 3.68. The van der Waals surface area contributed by atoms with Crippen molar-refractivity contribution < 1.29 is 0 Å². The Morgan fingerprint density at radius 1 is 1.13 bits per heavy atom. The second-order valence-electron chi connectivity index (χ2n) is 3.68. The third-order valence-electron chi connectivity index (χ3n) is 2.81. The highest BCUT2D eigenvalue weighted by molar-refractivity contribution is 6.04. The summed E-state index contributed by atoms with van der Waals surface area (Å²) in [4.78, 5) is 4.38. The molecule has 0 aliphatic rings. The molecule has 1 aromatic heterocycles. The molecule has 0 saturated carbocycles. The van der Waals surface area contributed by atoms with Crippen LogP contribution in [0, 0.1) is 0 Å². The monoisotopic (exact) mass is 197 g/mol. The van der Waals surface area contributed by atoms with Gasteiger partial charge < -0.3 is 10.3 Å². The van der Waals surface area contributed by atoms with Gasteiger partial charge in [-0.2, -0.15) is 0 Å². The highest BCUT2D eigenvalue weighted by Crippen LogP contribution is 2.25. The Bertz CT molecular complexity index is 652. The normalized spacial score (nSPS) is 11.3. The number of benzene rings is 2. The van der Waals surface area contributed by atoms with E-state index in [1.54, 1.807) is 0 Å². The first kappa shape index (κ1) is 8.29. The van der Waals surface area contributed by atoms with Crippen molar-refractivity contribution in [3.8, 4) is 0 Å². The van der Waals surface area contributed by atoms with Crippen LogP contribution < -0.4 is 5.73 Å². The van der Waals surface area contributed by atoms with Crippen molar-refractivity contribution in [2.75, 3.05) is 5.73 Å². The summed E-state index contributed by atoms with van der Waals surface area (Å²) in [7, 11) is 1.93. The summed E-state index contributed by atoms with van der Waals surface area (Å²) < 4.78 is 1.90. The number of aryl methyl sites for hydroxylation is 1. The van der Waals surface area contributed by atoms with Crippen molar-refractivity contribution in [3.63, 3.8) is 0 Å². The number of nitrogens with zero attached hydrogens (tertiary/aromatic N) is 2. The third-order valence-corrected chi connectivity index (χ3v) is 2.81. The Morgan fingerprint density at radius 3 is 2.80 bits per heavy atom. The average molecular weight is 197 g/mol. The molecule has 0 radical (unpaired) electrons. The number of nitrogen functional groups attached to an aromatic ring is 1. The summed E-state index contributed by atoms with van der Waals surface area (Å²) >= 11 is 0. The number of anilines is 1. The van der Waals surface area contributed by atoms with Crippen LogP contribution in [0.25, 0.3) is 21.8 Å². The lowest BCUT2D eigenvalue weighted by molar-refractivity contribution is 0.965. The van der Waals surface area contributed by atoms with Crippen molar-refractivity contribution >= 4 is 27.8 Å². The van der Waals surface area contributed by atoms with Gasteiger partial charge in [-0.25, -0.2) is 4.98 Å². The van der Waals surface area contributed by atoms with Gasteiger partial charge in [0.2, 0.25) is 5.95 Å². The number of imidazole rings is 1. The SMILES string of the molecule is Cn1c(N)nc2c3ccccc3ccc21. The molecule has 3 heteroatoms. The van der Waals surface area contributed by atoms with Gasteiger partial charge in [-0.05, 0) is 11.5 Å². The zero-order valence-electron chi connectivity index (χ0n) is 8.44. The van der Waals surface area contributed by atoms with E-state index < -0.39 is 0 Å². The van der Waals surface area contributed by atoms with E-state index in [0.29, 0.717) is 5.95 Å². The van der Waals surface area contributed by atoms with E-state index in [1.807, 2.05) is 23.7 Å². The topological polar surface area (TPSA) is 43.8 Å². The molecule has 2 aromatic carbocycles. The molecule has 3 nitrogen and oxygen atoms in total. The Labute approximate surface area is 87.1 Å². The molecule has 0 spiro atoms. The Kier molecular flexibility index (Phi) is 1.51. The first-order valence-electron chi connectivity index (χ1n) is 4.87. The molecule has 3 rings (SSSR count). The minimum Gasteiger partial charge on any atom is -0.369 e. The van der Waals surface area contributed by atoms with Gasteiger partial charge in [0.15, 0.2) is 0 Å². The van der Waals surface area contributed by atoms with E-state index in [1.165, 1.54) is 5.39 Å². The molecule has 0 aliphatic carbocycles.